The minimum absolute atomic E-state index is 0.0351. The number of hydrogen-bond donors (Lipinski definition) is 1. The number of nitrogens with zero attached hydrogens (tertiary/aromatic N) is 1. The summed E-state index contributed by atoms with van der Waals surface area (Å²) in [5.41, 5.74) is 0.500. The lowest BCUT2D eigenvalue weighted by molar-refractivity contribution is -0.110. The van der Waals surface area contributed by atoms with Crippen molar-refractivity contribution in [3.63, 3.8) is 0 Å². The molecule has 6 nitrogen and oxygen atoms in total. The van der Waals surface area contributed by atoms with E-state index in [0.717, 1.165) is 29.6 Å². The zero-order valence-corrected chi connectivity index (χ0v) is 17.4. The molecule has 2 unspecified atom stereocenters. The molecule has 0 aliphatic carbocycles. The van der Waals surface area contributed by atoms with Crippen LogP contribution in [0.15, 0.2) is 29.2 Å². The molecule has 1 N–H and O–H groups in total. The zero-order valence-electron chi connectivity index (χ0n) is 16.6. The van der Waals surface area contributed by atoms with Crippen LogP contribution in [0.5, 0.6) is 0 Å². The molecule has 1 aliphatic rings. The van der Waals surface area contributed by atoms with E-state index in [1.807, 2.05) is 56.3 Å². The second-order valence-corrected chi connectivity index (χ2v) is 9.55. The van der Waals surface area contributed by atoms with Gasteiger partial charge in [-0.3, -0.25) is 0 Å². The van der Waals surface area contributed by atoms with Crippen molar-refractivity contribution in [2.75, 3.05) is 13.1 Å². The summed E-state index contributed by atoms with van der Waals surface area (Å²) in [4.78, 5) is 23.5. The molecule has 1 saturated heterocycles. The maximum Gasteiger partial charge on any atom is 0.407 e. The Morgan fingerprint density at radius 1 is 1.37 bits per heavy atom. The number of nitrogens with one attached hydrogen (secondary N) is 1. The van der Waals surface area contributed by atoms with E-state index >= 15 is 0 Å². The van der Waals surface area contributed by atoms with Gasteiger partial charge in [0.2, 0.25) is 0 Å². The molecule has 150 valence electrons. The fourth-order valence-electron chi connectivity index (χ4n) is 2.99. The summed E-state index contributed by atoms with van der Waals surface area (Å²) in [6.07, 6.45) is 2.64. The summed E-state index contributed by atoms with van der Waals surface area (Å²) < 4.78 is 20.1. The van der Waals surface area contributed by atoms with Gasteiger partial charge in [0.15, 0.2) is 0 Å². The molecule has 2 atom stereocenters. The minimum Gasteiger partial charge on any atom is -0.444 e. The zero-order chi connectivity index (χ0) is 20.0. The number of rotatable bonds is 6. The fourth-order valence-corrected chi connectivity index (χ4v) is 4.28. The van der Waals surface area contributed by atoms with Gasteiger partial charge in [0, 0.05) is 25.0 Å². The van der Waals surface area contributed by atoms with Gasteiger partial charge >= 0.3 is 6.09 Å². The molecule has 7 heteroatoms. The summed E-state index contributed by atoms with van der Waals surface area (Å²) in [6, 6.07) is 7.65. The SMILES string of the molecule is CC(C=O)Cc1cccc(S(=O)N2CCC(NC(=O)OC(C)(C)C)CC2)c1. The van der Waals surface area contributed by atoms with Gasteiger partial charge in [-0.05, 0) is 57.7 Å². The number of hydrogen-bond acceptors (Lipinski definition) is 4. The summed E-state index contributed by atoms with van der Waals surface area (Å²) in [5.74, 6) is -0.0524. The Labute approximate surface area is 164 Å². The average Bonchev–Trinajstić information content (AvgIpc) is 2.60. The highest BCUT2D eigenvalue weighted by Gasteiger charge is 2.26. The van der Waals surface area contributed by atoms with Crippen molar-refractivity contribution in [1.29, 1.82) is 0 Å². The molecule has 1 aromatic carbocycles. The van der Waals surface area contributed by atoms with Gasteiger partial charge in [-0.2, -0.15) is 0 Å². The monoisotopic (exact) mass is 394 g/mol. The van der Waals surface area contributed by atoms with Crippen LogP contribution >= 0.6 is 0 Å². The van der Waals surface area contributed by atoms with Crippen molar-refractivity contribution in [3.8, 4) is 0 Å². The highest BCUT2D eigenvalue weighted by Crippen LogP contribution is 2.20. The molecule has 27 heavy (non-hydrogen) atoms. The van der Waals surface area contributed by atoms with Crippen LogP contribution in [-0.2, 0) is 26.9 Å². The highest BCUT2D eigenvalue weighted by atomic mass is 32.2. The second-order valence-electron chi connectivity index (χ2n) is 8.06. The van der Waals surface area contributed by atoms with Crippen LogP contribution in [0, 0.1) is 5.92 Å². The van der Waals surface area contributed by atoms with Crippen LogP contribution in [0.2, 0.25) is 0 Å². The maximum absolute atomic E-state index is 12.9. The first-order chi connectivity index (χ1) is 12.7. The number of aldehydes is 1. The number of ether oxygens (including phenoxy) is 1. The molecule has 0 radical (unpaired) electrons. The molecular formula is C20H30N2O4S. The van der Waals surface area contributed by atoms with E-state index in [2.05, 4.69) is 5.32 Å². The normalized spacial score (nSPS) is 18.5. The number of carbonyl (C=O) groups excluding carboxylic acids is 2. The van der Waals surface area contributed by atoms with Crippen LogP contribution in [0.25, 0.3) is 0 Å². The molecule has 1 aliphatic heterocycles. The molecule has 1 heterocycles. The number of carbonyl (C=O) groups is 2. The molecule has 1 amide bonds. The van der Waals surface area contributed by atoms with Crippen molar-refractivity contribution in [2.24, 2.45) is 5.92 Å². The third-order valence-electron chi connectivity index (χ3n) is 4.30. The van der Waals surface area contributed by atoms with Crippen LogP contribution < -0.4 is 5.32 Å². The van der Waals surface area contributed by atoms with Crippen LogP contribution in [-0.4, -0.2) is 45.6 Å². The summed E-state index contributed by atoms with van der Waals surface area (Å²) in [5, 5.41) is 2.89. The van der Waals surface area contributed by atoms with Crippen LogP contribution in [0.4, 0.5) is 4.79 Å². The maximum atomic E-state index is 12.9. The van der Waals surface area contributed by atoms with E-state index < -0.39 is 22.7 Å². The van der Waals surface area contributed by atoms with Crippen LogP contribution in [0.1, 0.15) is 46.1 Å². The van der Waals surface area contributed by atoms with Gasteiger partial charge in [-0.1, -0.05) is 19.1 Å². The first-order valence-corrected chi connectivity index (χ1v) is 10.5. The first kappa shape index (κ1) is 21.6. The number of alkyl carbamates (subject to hydrolysis) is 1. The second kappa shape index (κ2) is 9.46. The Bertz CT molecular complexity index is 679. The number of amides is 1. The smallest absolute Gasteiger partial charge is 0.407 e. The molecule has 0 aromatic heterocycles. The molecule has 0 bridgehead atoms. The van der Waals surface area contributed by atoms with E-state index in [9.17, 15) is 13.8 Å². The number of benzene rings is 1. The lowest BCUT2D eigenvalue weighted by Crippen LogP contribution is -2.46. The highest BCUT2D eigenvalue weighted by molar-refractivity contribution is 7.82. The fraction of sp³-hybridized carbons (Fsp3) is 0.600. The summed E-state index contributed by atoms with van der Waals surface area (Å²) in [7, 11) is -1.24. The van der Waals surface area contributed by atoms with Gasteiger partial charge < -0.3 is 14.8 Å². The average molecular weight is 395 g/mol. The van der Waals surface area contributed by atoms with E-state index in [0.29, 0.717) is 19.5 Å². The van der Waals surface area contributed by atoms with Crippen molar-refractivity contribution in [3.05, 3.63) is 29.8 Å². The number of piperidine rings is 1. The minimum atomic E-state index is -1.24. The lowest BCUT2D eigenvalue weighted by Gasteiger charge is -2.31. The van der Waals surface area contributed by atoms with Crippen molar-refractivity contribution < 1.29 is 18.5 Å². The summed E-state index contributed by atoms with van der Waals surface area (Å²) in [6.45, 7) is 8.66. The Hall–Kier alpha value is -1.73. The molecule has 0 saturated carbocycles. The van der Waals surface area contributed by atoms with E-state index in [1.54, 1.807) is 0 Å². The van der Waals surface area contributed by atoms with Crippen molar-refractivity contribution in [2.45, 2.75) is 63.5 Å². The predicted octanol–water partition coefficient (Wildman–Crippen LogP) is 3.08. The van der Waals surface area contributed by atoms with Gasteiger partial charge in [0.05, 0.1) is 4.90 Å². The topological polar surface area (TPSA) is 75.7 Å². The Morgan fingerprint density at radius 3 is 2.63 bits per heavy atom. The van der Waals surface area contributed by atoms with E-state index in [-0.39, 0.29) is 12.0 Å². The molecule has 1 fully saturated rings. The third-order valence-corrected chi connectivity index (χ3v) is 5.79. The molecule has 2 rings (SSSR count). The Kier molecular flexibility index (Phi) is 7.56. The van der Waals surface area contributed by atoms with Crippen LogP contribution in [0.3, 0.4) is 0 Å². The van der Waals surface area contributed by atoms with Crippen molar-refractivity contribution >= 4 is 23.4 Å². The van der Waals surface area contributed by atoms with E-state index in [4.69, 9.17) is 4.74 Å². The molecule has 1 aromatic rings. The Balaban J connectivity index is 1.88. The quantitative estimate of drug-likeness (QED) is 0.753. The third kappa shape index (κ3) is 7.07. The van der Waals surface area contributed by atoms with Gasteiger partial charge in [0.1, 0.15) is 22.9 Å². The van der Waals surface area contributed by atoms with Gasteiger partial charge in [-0.25, -0.2) is 13.3 Å². The Morgan fingerprint density at radius 2 is 2.04 bits per heavy atom. The van der Waals surface area contributed by atoms with Gasteiger partial charge in [0.25, 0.3) is 0 Å². The van der Waals surface area contributed by atoms with Crippen molar-refractivity contribution in [1.82, 2.24) is 9.62 Å². The standard InChI is InChI=1S/C20H30N2O4S/c1-15(14-23)12-16-6-5-7-18(13-16)27(25)22-10-8-17(9-11-22)21-19(24)26-20(2,3)4/h5-7,13-15,17H,8-12H2,1-4H3,(H,21,24). The lowest BCUT2D eigenvalue weighted by atomic mass is 10.0. The molecule has 0 spiro atoms. The van der Waals surface area contributed by atoms with E-state index in [1.165, 1.54) is 0 Å². The first-order valence-electron chi connectivity index (χ1n) is 9.38. The van der Waals surface area contributed by atoms with Gasteiger partial charge in [-0.15, -0.1) is 0 Å². The largest absolute Gasteiger partial charge is 0.444 e. The summed E-state index contributed by atoms with van der Waals surface area (Å²) >= 11 is 0. The molecular weight excluding hydrogens is 364 g/mol. The predicted molar refractivity (Wildman–Crippen MR) is 106 cm³/mol.